The smallest absolute Gasteiger partial charge is 0.416 e. The Hall–Kier alpha value is -1.51. The first-order chi connectivity index (χ1) is 9.91. The maximum atomic E-state index is 12.6. The standard InChI is InChI=1S/C13H12F3N3OS/c14-13(15,16)10-3-1-9(2-4-10)11-17-12(21)19(18-11)5-7-20-8-6-19/h1-4H,5-8H2. The second kappa shape index (κ2) is 5.04. The maximum absolute atomic E-state index is 12.6. The molecular formula is C13H12F3N3OS. The highest BCUT2D eigenvalue weighted by Gasteiger charge is 2.37. The van der Waals surface area contributed by atoms with Crippen molar-refractivity contribution in [2.45, 2.75) is 6.18 Å². The maximum Gasteiger partial charge on any atom is 0.416 e. The number of hydrogen-bond donors (Lipinski definition) is 0. The van der Waals surface area contributed by atoms with Crippen molar-refractivity contribution in [1.82, 2.24) is 0 Å². The molecular weight excluding hydrogens is 303 g/mol. The summed E-state index contributed by atoms with van der Waals surface area (Å²) in [6.07, 6.45) is -4.35. The molecule has 1 aromatic carbocycles. The van der Waals surface area contributed by atoms with Gasteiger partial charge in [0.05, 0.1) is 18.8 Å². The van der Waals surface area contributed by atoms with Crippen LogP contribution in [0.1, 0.15) is 11.1 Å². The highest BCUT2D eigenvalue weighted by Crippen LogP contribution is 2.30. The van der Waals surface area contributed by atoms with Gasteiger partial charge in [0.2, 0.25) is 5.84 Å². The molecule has 0 atom stereocenters. The van der Waals surface area contributed by atoms with E-state index in [9.17, 15) is 13.2 Å². The summed E-state index contributed by atoms with van der Waals surface area (Å²) in [5.74, 6) is 0.385. The van der Waals surface area contributed by atoms with Crippen LogP contribution in [-0.4, -0.2) is 41.9 Å². The second-order valence-electron chi connectivity index (χ2n) is 4.88. The van der Waals surface area contributed by atoms with Crippen molar-refractivity contribution < 1.29 is 22.5 Å². The topological polar surface area (TPSA) is 34.0 Å². The molecule has 1 fully saturated rings. The Morgan fingerprint density at radius 1 is 1.10 bits per heavy atom. The summed E-state index contributed by atoms with van der Waals surface area (Å²) in [4.78, 5) is 4.24. The van der Waals surface area contributed by atoms with Crippen molar-refractivity contribution in [2.75, 3.05) is 26.3 Å². The average Bonchev–Trinajstić information content (AvgIpc) is 2.76. The van der Waals surface area contributed by atoms with E-state index in [1.54, 1.807) is 0 Å². The van der Waals surface area contributed by atoms with Crippen LogP contribution in [-0.2, 0) is 23.5 Å². The summed E-state index contributed by atoms with van der Waals surface area (Å²) >= 11 is 5.27. The lowest BCUT2D eigenvalue weighted by Gasteiger charge is -2.35. The summed E-state index contributed by atoms with van der Waals surface area (Å²) in [7, 11) is 0. The molecule has 8 heteroatoms. The van der Waals surface area contributed by atoms with Gasteiger partial charge in [-0.15, -0.1) is 0 Å². The van der Waals surface area contributed by atoms with Crippen LogP contribution in [0, 0.1) is 0 Å². The zero-order chi connectivity index (χ0) is 15.1. The second-order valence-corrected chi connectivity index (χ2v) is 5.24. The third-order valence-electron chi connectivity index (χ3n) is 3.53. The normalized spacial score (nSPS) is 21.3. The molecule has 0 saturated carbocycles. The summed E-state index contributed by atoms with van der Waals surface area (Å²) in [6.45, 7) is 2.29. The Labute approximate surface area is 124 Å². The molecule has 3 rings (SSSR count). The van der Waals surface area contributed by atoms with E-state index in [1.807, 2.05) is 0 Å². The quantitative estimate of drug-likeness (QED) is 0.588. The van der Waals surface area contributed by atoms with E-state index in [0.29, 0.717) is 42.9 Å². The van der Waals surface area contributed by atoms with Gasteiger partial charge in [-0.2, -0.15) is 22.8 Å². The number of rotatable bonds is 1. The fraction of sp³-hybridized carbons (Fsp3) is 0.385. The third kappa shape index (κ3) is 2.66. The highest BCUT2D eigenvalue weighted by molar-refractivity contribution is 7.76. The lowest BCUT2D eigenvalue weighted by Crippen LogP contribution is -2.52. The minimum Gasteiger partial charge on any atom is -0.697 e. The van der Waals surface area contributed by atoms with Crippen LogP contribution in [0.3, 0.4) is 0 Å². The van der Waals surface area contributed by atoms with Gasteiger partial charge >= 0.3 is 6.18 Å². The molecule has 2 aliphatic heterocycles. The van der Waals surface area contributed by atoms with Crippen LogP contribution >= 0.6 is 0 Å². The Morgan fingerprint density at radius 3 is 2.29 bits per heavy atom. The Morgan fingerprint density at radius 2 is 1.71 bits per heavy atom. The minimum atomic E-state index is -4.35. The SMILES string of the molecule is FC(F)(F)c1ccc(C2=N[N+]3(CCOCC3)C([S-])=N2)cc1. The number of aliphatic imine (C=N–C) groups is 1. The van der Waals surface area contributed by atoms with Crippen LogP contribution in [0.15, 0.2) is 34.4 Å². The zero-order valence-electron chi connectivity index (χ0n) is 10.9. The number of halogens is 3. The molecule has 2 heterocycles. The number of nitrogens with zero attached hydrogens (tertiary/aromatic N) is 3. The van der Waals surface area contributed by atoms with Crippen molar-refractivity contribution >= 4 is 23.6 Å². The molecule has 4 nitrogen and oxygen atoms in total. The number of benzene rings is 1. The number of morpholine rings is 1. The molecule has 0 aromatic heterocycles. The van der Waals surface area contributed by atoms with Crippen molar-refractivity contribution in [3.05, 3.63) is 35.4 Å². The monoisotopic (exact) mass is 315 g/mol. The van der Waals surface area contributed by atoms with Crippen LogP contribution in [0.4, 0.5) is 13.2 Å². The summed E-state index contributed by atoms with van der Waals surface area (Å²) in [6, 6.07) is 4.79. The van der Waals surface area contributed by atoms with E-state index in [4.69, 9.17) is 17.4 Å². The fourth-order valence-corrected chi connectivity index (χ4v) is 2.61. The third-order valence-corrected chi connectivity index (χ3v) is 3.96. The molecule has 0 aliphatic carbocycles. The molecule has 0 N–H and O–H groups in total. The van der Waals surface area contributed by atoms with Gasteiger partial charge in [0.1, 0.15) is 18.3 Å². The largest absolute Gasteiger partial charge is 0.697 e. The molecule has 0 bridgehead atoms. The van der Waals surface area contributed by atoms with Crippen LogP contribution in [0.5, 0.6) is 0 Å². The first kappa shape index (κ1) is 14.4. The molecule has 0 unspecified atom stereocenters. The number of alkyl halides is 3. The lowest BCUT2D eigenvalue weighted by molar-refractivity contribution is -0.851. The Bertz CT molecular complexity index is 604. The van der Waals surface area contributed by atoms with Crippen molar-refractivity contribution in [1.29, 1.82) is 0 Å². The lowest BCUT2D eigenvalue weighted by atomic mass is 10.1. The molecule has 21 heavy (non-hydrogen) atoms. The van der Waals surface area contributed by atoms with Gasteiger partial charge in [0.25, 0.3) is 0 Å². The summed E-state index contributed by atoms with van der Waals surface area (Å²) in [5, 5.41) is 4.95. The van der Waals surface area contributed by atoms with E-state index in [-0.39, 0.29) is 4.59 Å². The van der Waals surface area contributed by atoms with Gasteiger partial charge in [-0.3, -0.25) is 0 Å². The van der Waals surface area contributed by atoms with Crippen LogP contribution in [0.2, 0.25) is 0 Å². The number of quaternary nitrogens is 1. The van der Waals surface area contributed by atoms with Gasteiger partial charge in [-0.25, -0.2) is 0 Å². The molecule has 0 amide bonds. The molecule has 0 radical (unpaired) electrons. The van der Waals surface area contributed by atoms with Crippen molar-refractivity contribution in [3.8, 4) is 0 Å². The predicted molar refractivity (Wildman–Crippen MR) is 73.6 cm³/mol. The predicted octanol–water partition coefficient (Wildman–Crippen LogP) is 2.13. The van der Waals surface area contributed by atoms with E-state index in [2.05, 4.69) is 10.1 Å². The van der Waals surface area contributed by atoms with E-state index >= 15 is 0 Å². The zero-order valence-corrected chi connectivity index (χ0v) is 11.7. The van der Waals surface area contributed by atoms with Crippen molar-refractivity contribution in [2.24, 2.45) is 10.1 Å². The van der Waals surface area contributed by atoms with E-state index < -0.39 is 11.7 Å². The fourth-order valence-electron chi connectivity index (χ4n) is 2.30. The first-order valence-corrected chi connectivity index (χ1v) is 6.80. The van der Waals surface area contributed by atoms with Gasteiger partial charge in [0.15, 0.2) is 0 Å². The molecule has 112 valence electrons. The minimum absolute atomic E-state index is 0.214. The Balaban J connectivity index is 1.89. The number of amidine groups is 2. The number of hydrogen-bond acceptors (Lipinski definition) is 4. The molecule has 1 saturated heterocycles. The Kier molecular flexibility index (Phi) is 3.46. The molecule has 2 aliphatic rings. The molecule has 1 aromatic rings. The van der Waals surface area contributed by atoms with Gasteiger partial charge in [-0.1, -0.05) is 17.2 Å². The van der Waals surface area contributed by atoms with E-state index in [0.717, 1.165) is 12.1 Å². The summed E-state index contributed by atoms with van der Waals surface area (Å²) in [5.41, 5.74) is -0.158. The number of ether oxygens (including phenoxy) is 1. The summed E-state index contributed by atoms with van der Waals surface area (Å²) < 4.78 is 43.2. The van der Waals surface area contributed by atoms with Gasteiger partial charge < -0.3 is 17.4 Å². The van der Waals surface area contributed by atoms with E-state index in [1.165, 1.54) is 12.1 Å². The average molecular weight is 315 g/mol. The van der Waals surface area contributed by atoms with Crippen LogP contribution in [0.25, 0.3) is 0 Å². The van der Waals surface area contributed by atoms with Crippen molar-refractivity contribution in [3.63, 3.8) is 0 Å². The van der Waals surface area contributed by atoms with Gasteiger partial charge in [-0.05, 0) is 12.1 Å². The van der Waals surface area contributed by atoms with Gasteiger partial charge in [0, 0.05) is 5.56 Å². The highest BCUT2D eigenvalue weighted by atomic mass is 32.1. The first-order valence-electron chi connectivity index (χ1n) is 6.40. The molecule has 1 spiro atoms. The van der Waals surface area contributed by atoms with Crippen LogP contribution < -0.4 is 0 Å².